The van der Waals surface area contributed by atoms with Gasteiger partial charge in [-0.05, 0) is 28.1 Å². The highest BCUT2D eigenvalue weighted by Gasteiger charge is 2.12. The van der Waals surface area contributed by atoms with Crippen molar-refractivity contribution in [3.05, 3.63) is 29.1 Å². The van der Waals surface area contributed by atoms with Crippen molar-refractivity contribution in [1.82, 2.24) is 9.97 Å². The van der Waals surface area contributed by atoms with Crippen molar-refractivity contribution in [3.8, 4) is 22.8 Å². The van der Waals surface area contributed by atoms with Crippen LogP contribution in [0.25, 0.3) is 11.3 Å². The summed E-state index contributed by atoms with van der Waals surface area (Å²) in [7, 11) is 3.25. The van der Waals surface area contributed by atoms with Gasteiger partial charge in [0.1, 0.15) is 21.8 Å². The lowest BCUT2D eigenvalue weighted by atomic mass is 10.1. The first kappa shape index (κ1) is 11.0. The molecular weight excluding hydrogens is 272 g/mol. The summed E-state index contributed by atoms with van der Waals surface area (Å²) in [5.41, 5.74) is 1.73. The first-order valence-electron chi connectivity index (χ1n) is 4.67. The maximum atomic E-state index is 5.31. The highest BCUT2D eigenvalue weighted by atomic mass is 79.9. The van der Waals surface area contributed by atoms with E-state index in [1.54, 1.807) is 20.5 Å². The fourth-order valence-corrected chi connectivity index (χ4v) is 1.88. The van der Waals surface area contributed by atoms with E-state index < -0.39 is 0 Å². The molecule has 0 unspecified atom stereocenters. The molecule has 0 saturated heterocycles. The van der Waals surface area contributed by atoms with Crippen LogP contribution in [0.15, 0.2) is 29.1 Å². The monoisotopic (exact) mass is 282 g/mol. The second-order valence-corrected chi connectivity index (χ2v) is 3.92. The Bertz CT molecular complexity index is 496. The Morgan fingerprint density at radius 2 is 2.06 bits per heavy atom. The molecule has 0 bridgehead atoms. The van der Waals surface area contributed by atoms with E-state index >= 15 is 0 Å². The van der Waals surface area contributed by atoms with Crippen LogP contribution in [0.2, 0.25) is 0 Å². The van der Waals surface area contributed by atoms with Crippen molar-refractivity contribution >= 4 is 15.9 Å². The second kappa shape index (κ2) is 4.57. The van der Waals surface area contributed by atoms with E-state index in [1.165, 1.54) is 0 Å². The molecule has 1 N–H and O–H groups in total. The number of rotatable bonds is 3. The second-order valence-electron chi connectivity index (χ2n) is 3.13. The summed E-state index contributed by atoms with van der Waals surface area (Å²) < 4.78 is 11.3. The first-order valence-corrected chi connectivity index (χ1v) is 5.47. The molecule has 2 rings (SSSR count). The number of aromatic amines is 1. The van der Waals surface area contributed by atoms with E-state index in [1.807, 2.05) is 18.2 Å². The molecule has 0 amide bonds. The zero-order chi connectivity index (χ0) is 11.5. The Hall–Kier alpha value is -1.49. The van der Waals surface area contributed by atoms with Crippen molar-refractivity contribution in [2.75, 3.05) is 14.2 Å². The van der Waals surface area contributed by atoms with Crippen LogP contribution >= 0.6 is 15.9 Å². The molecule has 1 aromatic carbocycles. The molecule has 0 spiro atoms. The van der Waals surface area contributed by atoms with Crippen LogP contribution < -0.4 is 9.47 Å². The Morgan fingerprint density at radius 3 is 2.62 bits per heavy atom. The Labute approximate surface area is 102 Å². The van der Waals surface area contributed by atoms with E-state index in [2.05, 4.69) is 25.9 Å². The summed E-state index contributed by atoms with van der Waals surface area (Å²) in [6, 6.07) is 5.62. The van der Waals surface area contributed by atoms with E-state index in [4.69, 9.17) is 9.47 Å². The average Bonchev–Trinajstić information content (AvgIpc) is 2.74. The van der Waals surface area contributed by atoms with Gasteiger partial charge in [-0.25, -0.2) is 4.98 Å². The highest BCUT2D eigenvalue weighted by molar-refractivity contribution is 9.10. The number of methoxy groups -OCH3 is 2. The van der Waals surface area contributed by atoms with Crippen molar-refractivity contribution in [3.63, 3.8) is 0 Å². The molecule has 0 aliphatic carbocycles. The van der Waals surface area contributed by atoms with Gasteiger partial charge in [-0.1, -0.05) is 0 Å². The minimum Gasteiger partial charge on any atom is -0.497 e. The number of imidazole rings is 1. The predicted molar refractivity (Wildman–Crippen MR) is 64.8 cm³/mol. The number of benzene rings is 1. The van der Waals surface area contributed by atoms with Gasteiger partial charge in [-0.2, -0.15) is 0 Å². The summed E-state index contributed by atoms with van der Waals surface area (Å²) in [6.45, 7) is 0. The summed E-state index contributed by atoms with van der Waals surface area (Å²) in [6.07, 6.45) is 1.63. The minimum absolute atomic E-state index is 0.729. The maximum Gasteiger partial charge on any atom is 0.132 e. The van der Waals surface area contributed by atoms with Crippen LogP contribution in [0.4, 0.5) is 0 Å². The number of nitrogens with one attached hydrogen (secondary N) is 1. The van der Waals surface area contributed by atoms with Crippen LogP contribution in [0.1, 0.15) is 0 Å². The van der Waals surface area contributed by atoms with Crippen LogP contribution in [-0.2, 0) is 0 Å². The molecule has 1 heterocycles. The third kappa shape index (κ3) is 1.90. The Balaban J connectivity index is 2.53. The fraction of sp³-hybridized carbons (Fsp3) is 0.182. The van der Waals surface area contributed by atoms with Gasteiger partial charge < -0.3 is 14.5 Å². The zero-order valence-corrected chi connectivity index (χ0v) is 10.5. The summed E-state index contributed by atoms with van der Waals surface area (Å²) in [5, 5.41) is 0. The van der Waals surface area contributed by atoms with Gasteiger partial charge in [-0.3, -0.25) is 0 Å². The van der Waals surface area contributed by atoms with Crippen molar-refractivity contribution in [1.29, 1.82) is 0 Å². The highest BCUT2D eigenvalue weighted by Crippen LogP contribution is 2.35. The number of halogens is 1. The van der Waals surface area contributed by atoms with E-state index in [-0.39, 0.29) is 0 Å². The van der Waals surface area contributed by atoms with E-state index in [9.17, 15) is 0 Å². The van der Waals surface area contributed by atoms with Crippen molar-refractivity contribution < 1.29 is 9.47 Å². The molecule has 84 valence electrons. The van der Waals surface area contributed by atoms with Gasteiger partial charge >= 0.3 is 0 Å². The zero-order valence-electron chi connectivity index (χ0n) is 8.95. The van der Waals surface area contributed by atoms with Crippen LogP contribution in [0.3, 0.4) is 0 Å². The standard InChI is InChI=1S/C11H11BrN2O2/c1-15-7-3-4-8(9(5-7)16-2)10-11(12)14-6-13-10/h3-6H,1-2H3,(H,13,14). The van der Waals surface area contributed by atoms with Crippen LogP contribution in [0, 0.1) is 0 Å². The quantitative estimate of drug-likeness (QED) is 0.942. The molecule has 4 nitrogen and oxygen atoms in total. The SMILES string of the molecule is COc1ccc(-c2nc[nH]c2Br)c(OC)c1. The topological polar surface area (TPSA) is 47.1 Å². The number of hydrogen-bond donors (Lipinski definition) is 1. The smallest absolute Gasteiger partial charge is 0.132 e. The number of hydrogen-bond acceptors (Lipinski definition) is 3. The average molecular weight is 283 g/mol. The molecule has 0 aliphatic heterocycles. The van der Waals surface area contributed by atoms with Crippen molar-refractivity contribution in [2.24, 2.45) is 0 Å². The van der Waals surface area contributed by atoms with Gasteiger partial charge in [0.05, 0.1) is 20.5 Å². The summed E-state index contributed by atoms with van der Waals surface area (Å²) >= 11 is 3.40. The van der Waals surface area contributed by atoms with Gasteiger partial charge in [-0.15, -0.1) is 0 Å². The predicted octanol–water partition coefficient (Wildman–Crippen LogP) is 2.86. The normalized spacial score (nSPS) is 10.2. The van der Waals surface area contributed by atoms with Gasteiger partial charge in [0.15, 0.2) is 0 Å². The van der Waals surface area contributed by atoms with Gasteiger partial charge in [0, 0.05) is 11.6 Å². The lowest BCUT2D eigenvalue weighted by Gasteiger charge is -2.08. The third-order valence-corrected chi connectivity index (χ3v) is 2.86. The summed E-state index contributed by atoms with van der Waals surface area (Å²) in [5.74, 6) is 1.49. The van der Waals surface area contributed by atoms with Crippen LogP contribution in [-0.4, -0.2) is 24.2 Å². The lowest BCUT2D eigenvalue weighted by molar-refractivity contribution is 0.395. The Morgan fingerprint density at radius 1 is 1.25 bits per heavy atom. The minimum atomic E-state index is 0.729. The van der Waals surface area contributed by atoms with Gasteiger partial charge in [0.25, 0.3) is 0 Å². The molecule has 1 aromatic heterocycles. The number of ether oxygens (including phenoxy) is 2. The number of aromatic nitrogens is 2. The van der Waals surface area contributed by atoms with Crippen molar-refractivity contribution in [2.45, 2.75) is 0 Å². The maximum absolute atomic E-state index is 5.31. The van der Waals surface area contributed by atoms with Crippen LogP contribution in [0.5, 0.6) is 11.5 Å². The molecule has 0 radical (unpaired) electrons. The Kier molecular flexibility index (Phi) is 3.14. The number of H-pyrrole nitrogens is 1. The molecule has 0 saturated carbocycles. The molecule has 0 fully saturated rings. The molecule has 0 aliphatic rings. The molecule has 0 atom stereocenters. The molecule has 2 aromatic rings. The van der Waals surface area contributed by atoms with E-state index in [0.29, 0.717) is 0 Å². The fourth-order valence-electron chi connectivity index (χ4n) is 1.46. The molecular formula is C11H11BrN2O2. The van der Waals surface area contributed by atoms with E-state index in [0.717, 1.165) is 27.4 Å². The number of nitrogens with zero attached hydrogens (tertiary/aromatic N) is 1. The largest absolute Gasteiger partial charge is 0.497 e. The third-order valence-electron chi connectivity index (χ3n) is 2.26. The molecule has 5 heteroatoms. The lowest BCUT2D eigenvalue weighted by Crippen LogP contribution is -1.90. The first-order chi connectivity index (χ1) is 7.76. The molecule has 16 heavy (non-hydrogen) atoms. The summed E-state index contributed by atoms with van der Waals surface area (Å²) in [4.78, 5) is 7.19. The van der Waals surface area contributed by atoms with Gasteiger partial charge in [0.2, 0.25) is 0 Å².